The molecule has 1 aliphatic carbocycles. The van der Waals surface area contributed by atoms with Gasteiger partial charge >= 0.3 is 0 Å². The zero-order valence-electron chi connectivity index (χ0n) is 16.4. The van der Waals surface area contributed by atoms with Crippen LogP contribution in [0.1, 0.15) is 83.5 Å². The monoisotopic (exact) mass is 363 g/mol. The number of nitrogens with zero attached hydrogens (tertiary/aromatic N) is 2. The van der Waals surface area contributed by atoms with E-state index in [1.165, 1.54) is 51.5 Å². The highest BCUT2D eigenvalue weighted by atomic mass is 16.2. The van der Waals surface area contributed by atoms with Gasteiger partial charge in [-0.2, -0.15) is 0 Å². The van der Waals surface area contributed by atoms with Crippen LogP contribution in [0.25, 0.3) is 0 Å². The molecule has 2 amide bonds. The molecule has 0 aromatic rings. The average Bonchev–Trinajstić information content (AvgIpc) is 2.93. The number of carbonyl (C=O) groups is 2. The lowest BCUT2D eigenvalue weighted by Crippen LogP contribution is -2.51. The van der Waals surface area contributed by atoms with Gasteiger partial charge in [-0.25, -0.2) is 0 Å². The molecule has 0 spiro atoms. The first kappa shape index (κ1) is 19.7. The highest BCUT2D eigenvalue weighted by molar-refractivity contribution is 5.77. The number of carbonyl (C=O) groups excluding carboxylic acids is 2. The molecule has 2 heterocycles. The van der Waals surface area contributed by atoms with Crippen LogP contribution in [0.2, 0.25) is 0 Å². The quantitative estimate of drug-likeness (QED) is 0.738. The summed E-state index contributed by atoms with van der Waals surface area (Å²) in [5, 5.41) is 3.27. The van der Waals surface area contributed by atoms with Crippen molar-refractivity contribution in [3.8, 4) is 0 Å². The van der Waals surface area contributed by atoms with Crippen LogP contribution < -0.4 is 5.32 Å². The van der Waals surface area contributed by atoms with Gasteiger partial charge in [-0.05, 0) is 51.5 Å². The Kier molecular flexibility index (Phi) is 7.78. The van der Waals surface area contributed by atoms with E-state index in [0.717, 1.165) is 51.4 Å². The third-order valence-electron chi connectivity index (χ3n) is 6.41. The summed E-state index contributed by atoms with van der Waals surface area (Å²) in [4.78, 5) is 28.7. The molecule has 2 aliphatic heterocycles. The molecule has 0 aromatic carbocycles. The van der Waals surface area contributed by atoms with Gasteiger partial charge in [-0.3, -0.25) is 14.5 Å². The van der Waals surface area contributed by atoms with E-state index in [-0.39, 0.29) is 11.8 Å². The van der Waals surface area contributed by atoms with Gasteiger partial charge in [0.05, 0.1) is 0 Å². The van der Waals surface area contributed by atoms with E-state index in [2.05, 4.69) is 10.2 Å². The van der Waals surface area contributed by atoms with E-state index in [1.54, 1.807) is 0 Å². The standard InChI is InChI=1S/C21H37N3O2/c25-20(12-8-15-23-14-6-5-13-21(23)26)22-18-9-7-16-24(17-18)19-10-3-1-2-4-11-19/h18-19H,1-17H2,(H,22,25). The van der Waals surface area contributed by atoms with Gasteiger partial charge in [0, 0.05) is 44.6 Å². The maximum atomic E-state index is 12.3. The fourth-order valence-electron chi connectivity index (χ4n) is 4.91. The average molecular weight is 364 g/mol. The van der Waals surface area contributed by atoms with Crippen LogP contribution in [-0.2, 0) is 9.59 Å². The maximum absolute atomic E-state index is 12.3. The van der Waals surface area contributed by atoms with E-state index in [4.69, 9.17) is 0 Å². The van der Waals surface area contributed by atoms with E-state index < -0.39 is 0 Å². The van der Waals surface area contributed by atoms with Crippen LogP contribution in [-0.4, -0.2) is 59.9 Å². The lowest BCUT2D eigenvalue weighted by molar-refractivity contribution is -0.133. The minimum atomic E-state index is 0.169. The minimum absolute atomic E-state index is 0.169. The molecular weight excluding hydrogens is 326 g/mol. The molecule has 0 aromatic heterocycles. The van der Waals surface area contributed by atoms with E-state index in [9.17, 15) is 9.59 Å². The van der Waals surface area contributed by atoms with Gasteiger partial charge < -0.3 is 10.2 Å². The van der Waals surface area contributed by atoms with Crippen molar-refractivity contribution in [3.05, 3.63) is 0 Å². The van der Waals surface area contributed by atoms with Gasteiger partial charge in [0.25, 0.3) is 0 Å². The fraction of sp³-hybridized carbons (Fsp3) is 0.905. The molecule has 26 heavy (non-hydrogen) atoms. The summed E-state index contributed by atoms with van der Waals surface area (Å²) in [5.41, 5.74) is 0. The third-order valence-corrected chi connectivity index (χ3v) is 6.41. The number of likely N-dealkylation sites (tertiary alicyclic amines) is 2. The summed E-state index contributed by atoms with van der Waals surface area (Å²) in [6.45, 7) is 3.85. The van der Waals surface area contributed by atoms with Crippen molar-refractivity contribution in [3.63, 3.8) is 0 Å². The molecular formula is C21H37N3O2. The van der Waals surface area contributed by atoms with Crippen molar-refractivity contribution in [2.24, 2.45) is 0 Å². The summed E-state index contributed by atoms with van der Waals surface area (Å²) < 4.78 is 0. The van der Waals surface area contributed by atoms with Crippen LogP contribution in [0.5, 0.6) is 0 Å². The second kappa shape index (κ2) is 10.3. The smallest absolute Gasteiger partial charge is 0.222 e. The lowest BCUT2D eigenvalue weighted by Gasteiger charge is -2.38. The van der Waals surface area contributed by atoms with E-state index >= 15 is 0 Å². The highest BCUT2D eigenvalue weighted by Crippen LogP contribution is 2.24. The second-order valence-electron chi connectivity index (χ2n) is 8.49. The molecule has 3 fully saturated rings. The van der Waals surface area contributed by atoms with Crippen molar-refractivity contribution in [2.75, 3.05) is 26.2 Å². The first-order chi connectivity index (χ1) is 12.7. The summed E-state index contributed by atoms with van der Waals surface area (Å²) in [7, 11) is 0. The molecule has 0 bridgehead atoms. The largest absolute Gasteiger partial charge is 0.352 e. The van der Waals surface area contributed by atoms with Crippen molar-refractivity contribution in [1.29, 1.82) is 0 Å². The Hall–Kier alpha value is -1.10. The highest BCUT2D eigenvalue weighted by Gasteiger charge is 2.27. The minimum Gasteiger partial charge on any atom is -0.352 e. The van der Waals surface area contributed by atoms with Crippen LogP contribution in [0.15, 0.2) is 0 Å². The second-order valence-corrected chi connectivity index (χ2v) is 8.49. The summed E-state index contributed by atoms with van der Waals surface area (Å²) in [6, 6.07) is 1.05. The third kappa shape index (κ3) is 5.97. The summed E-state index contributed by atoms with van der Waals surface area (Å²) >= 11 is 0. The zero-order chi connectivity index (χ0) is 18.2. The topological polar surface area (TPSA) is 52.7 Å². The molecule has 5 nitrogen and oxygen atoms in total. The molecule has 5 heteroatoms. The molecule has 0 radical (unpaired) electrons. The van der Waals surface area contributed by atoms with Crippen LogP contribution in [0.3, 0.4) is 0 Å². The van der Waals surface area contributed by atoms with Gasteiger partial charge in [0.15, 0.2) is 0 Å². The van der Waals surface area contributed by atoms with Crippen molar-refractivity contribution >= 4 is 11.8 Å². The molecule has 1 N–H and O–H groups in total. The Labute approximate surface area is 158 Å². The Balaban J connectivity index is 1.36. The van der Waals surface area contributed by atoms with Crippen LogP contribution in [0, 0.1) is 0 Å². The van der Waals surface area contributed by atoms with Crippen LogP contribution in [0.4, 0.5) is 0 Å². The first-order valence-corrected chi connectivity index (χ1v) is 11.0. The van der Waals surface area contributed by atoms with Crippen molar-refractivity contribution < 1.29 is 9.59 Å². The van der Waals surface area contributed by atoms with E-state index in [0.29, 0.717) is 18.9 Å². The van der Waals surface area contributed by atoms with Gasteiger partial charge in [0.1, 0.15) is 0 Å². The molecule has 1 unspecified atom stereocenters. The number of rotatable bonds is 6. The van der Waals surface area contributed by atoms with Gasteiger partial charge in [-0.15, -0.1) is 0 Å². The molecule has 3 aliphatic rings. The normalized spacial score (nSPS) is 26.5. The number of hydrogen-bond acceptors (Lipinski definition) is 3. The SMILES string of the molecule is O=C(CCCN1CCCCC1=O)NC1CCCN(C2CCCCCC2)C1. The Morgan fingerprint density at radius 2 is 1.77 bits per heavy atom. The van der Waals surface area contributed by atoms with Gasteiger partial charge in [0.2, 0.25) is 11.8 Å². The summed E-state index contributed by atoms with van der Waals surface area (Å²) in [5.74, 6) is 0.435. The van der Waals surface area contributed by atoms with Crippen molar-refractivity contribution in [1.82, 2.24) is 15.1 Å². The number of amides is 2. The maximum Gasteiger partial charge on any atom is 0.222 e. The number of piperidine rings is 2. The van der Waals surface area contributed by atoms with E-state index in [1.807, 2.05) is 4.90 Å². The molecule has 2 saturated heterocycles. The molecule has 3 rings (SSSR count). The molecule has 148 valence electrons. The summed E-state index contributed by atoms with van der Waals surface area (Å²) in [6.07, 6.45) is 14.7. The molecule has 1 saturated carbocycles. The predicted octanol–water partition coefficient (Wildman–Crippen LogP) is 3.08. The Morgan fingerprint density at radius 1 is 0.962 bits per heavy atom. The Bertz CT molecular complexity index is 460. The Morgan fingerprint density at radius 3 is 2.54 bits per heavy atom. The fourth-order valence-corrected chi connectivity index (χ4v) is 4.91. The number of hydrogen-bond donors (Lipinski definition) is 1. The predicted molar refractivity (Wildman–Crippen MR) is 104 cm³/mol. The van der Waals surface area contributed by atoms with Crippen LogP contribution >= 0.6 is 0 Å². The van der Waals surface area contributed by atoms with Crippen molar-refractivity contribution in [2.45, 2.75) is 95.6 Å². The zero-order valence-corrected chi connectivity index (χ0v) is 16.4. The number of nitrogens with one attached hydrogen (secondary N) is 1. The lowest BCUT2D eigenvalue weighted by atomic mass is 9.99. The van der Waals surface area contributed by atoms with Gasteiger partial charge in [-0.1, -0.05) is 25.7 Å². The molecule has 1 atom stereocenters. The first-order valence-electron chi connectivity index (χ1n) is 11.0.